The molecule has 1 aromatic rings. The van der Waals surface area contributed by atoms with Gasteiger partial charge < -0.3 is 21.1 Å². The molecule has 0 bridgehead atoms. The number of rotatable bonds is 5. The van der Waals surface area contributed by atoms with Crippen LogP contribution in [0, 0.1) is 5.82 Å². The number of morpholine rings is 1. The molecule has 1 saturated heterocycles. The van der Waals surface area contributed by atoms with E-state index in [-0.39, 0.29) is 5.56 Å². The number of amides is 3. The zero-order valence-electron chi connectivity index (χ0n) is 12.1. The minimum absolute atomic E-state index is 0.258. The average Bonchev–Trinajstić information content (AvgIpc) is 2.50. The fourth-order valence-corrected chi connectivity index (χ4v) is 2.12. The van der Waals surface area contributed by atoms with Gasteiger partial charge in [0.05, 0.1) is 18.8 Å². The first-order chi connectivity index (χ1) is 10.6. The van der Waals surface area contributed by atoms with E-state index in [2.05, 4.69) is 15.5 Å². The van der Waals surface area contributed by atoms with Crippen LogP contribution in [-0.4, -0.2) is 56.2 Å². The first kappa shape index (κ1) is 16.2. The van der Waals surface area contributed by atoms with Crippen LogP contribution in [0.1, 0.15) is 10.4 Å². The van der Waals surface area contributed by atoms with Crippen LogP contribution in [0.2, 0.25) is 0 Å². The molecule has 1 fully saturated rings. The number of halogens is 1. The van der Waals surface area contributed by atoms with Crippen LogP contribution in [-0.2, 0) is 4.74 Å². The number of anilines is 1. The molecule has 1 aliphatic rings. The van der Waals surface area contributed by atoms with Crippen molar-refractivity contribution in [1.29, 1.82) is 0 Å². The molecule has 3 amide bonds. The highest BCUT2D eigenvalue weighted by molar-refractivity contribution is 5.96. The highest BCUT2D eigenvalue weighted by Crippen LogP contribution is 2.14. The molecule has 1 aliphatic heterocycles. The van der Waals surface area contributed by atoms with Gasteiger partial charge in [0.1, 0.15) is 5.82 Å². The second kappa shape index (κ2) is 7.71. The maximum absolute atomic E-state index is 13.3. The van der Waals surface area contributed by atoms with E-state index in [4.69, 9.17) is 10.5 Å². The molecule has 0 unspecified atom stereocenters. The summed E-state index contributed by atoms with van der Waals surface area (Å²) in [6, 6.07) is 3.24. The zero-order valence-corrected chi connectivity index (χ0v) is 12.1. The molecule has 0 saturated carbocycles. The van der Waals surface area contributed by atoms with Gasteiger partial charge in [0.2, 0.25) is 0 Å². The summed E-state index contributed by atoms with van der Waals surface area (Å²) in [6.45, 7) is 4.32. The molecule has 1 aromatic carbocycles. The number of nitrogens with two attached hydrogens (primary N) is 1. The van der Waals surface area contributed by atoms with Crippen molar-refractivity contribution < 1.29 is 18.7 Å². The summed E-state index contributed by atoms with van der Waals surface area (Å²) in [5, 5.41) is 5.23. The summed E-state index contributed by atoms with van der Waals surface area (Å²) < 4.78 is 18.6. The smallest absolute Gasteiger partial charge is 0.319 e. The van der Waals surface area contributed by atoms with Crippen molar-refractivity contribution in [2.75, 3.05) is 44.7 Å². The number of hydrogen-bond acceptors (Lipinski definition) is 4. The Bertz CT molecular complexity index is 547. The van der Waals surface area contributed by atoms with Crippen LogP contribution in [0.5, 0.6) is 0 Å². The number of benzene rings is 1. The Morgan fingerprint density at radius 1 is 1.32 bits per heavy atom. The maximum atomic E-state index is 13.3. The van der Waals surface area contributed by atoms with E-state index in [9.17, 15) is 14.0 Å². The van der Waals surface area contributed by atoms with E-state index in [0.29, 0.717) is 25.4 Å². The van der Waals surface area contributed by atoms with Crippen LogP contribution < -0.4 is 16.4 Å². The first-order valence-corrected chi connectivity index (χ1v) is 7.00. The fraction of sp³-hybridized carbons (Fsp3) is 0.429. The molecule has 4 N–H and O–H groups in total. The molecule has 0 radical (unpaired) electrons. The Balaban J connectivity index is 1.79. The Hall–Kier alpha value is -2.19. The molecular weight excluding hydrogens is 291 g/mol. The lowest BCUT2D eigenvalue weighted by Gasteiger charge is -2.26. The Morgan fingerprint density at radius 2 is 2.05 bits per heavy atom. The number of nitrogens with one attached hydrogen (secondary N) is 2. The zero-order chi connectivity index (χ0) is 15.9. The van der Waals surface area contributed by atoms with Gasteiger partial charge in [0, 0.05) is 31.9 Å². The highest BCUT2D eigenvalue weighted by Gasteiger charge is 2.12. The molecule has 0 aliphatic carbocycles. The van der Waals surface area contributed by atoms with E-state index in [0.717, 1.165) is 25.7 Å². The van der Waals surface area contributed by atoms with E-state index >= 15 is 0 Å². The summed E-state index contributed by atoms with van der Waals surface area (Å²) in [7, 11) is 0. The van der Waals surface area contributed by atoms with Crippen LogP contribution in [0.4, 0.5) is 14.9 Å². The number of nitrogens with zero attached hydrogens (tertiary/aromatic N) is 1. The molecular formula is C14H19FN4O3. The lowest BCUT2D eigenvalue weighted by molar-refractivity contribution is 0.0388. The lowest BCUT2D eigenvalue weighted by atomic mass is 10.2. The van der Waals surface area contributed by atoms with Gasteiger partial charge >= 0.3 is 6.03 Å². The normalized spacial score (nSPS) is 15.3. The first-order valence-electron chi connectivity index (χ1n) is 7.00. The van der Waals surface area contributed by atoms with E-state index in [1.165, 1.54) is 12.1 Å². The van der Waals surface area contributed by atoms with Gasteiger partial charge in [-0.2, -0.15) is 0 Å². The predicted octanol–water partition coefficient (Wildman–Crippen LogP) is 0.378. The standard InChI is InChI=1S/C14H19FN4O3/c15-12-2-1-10(9-11(12)13(16)20)18-14(21)17-3-4-19-5-7-22-8-6-19/h1-2,9H,3-8H2,(H2,16,20)(H2,17,18,21). The van der Waals surface area contributed by atoms with Gasteiger partial charge in [-0.25, -0.2) is 9.18 Å². The Morgan fingerprint density at radius 3 is 2.73 bits per heavy atom. The van der Waals surface area contributed by atoms with Gasteiger partial charge in [-0.3, -0.25) is 9.69 Å². The molecule has 1 heterocycles. The SMILES string of the molecule is NC(=O)c1cc(NC(=O)NCCN2CCOCC2)ccc1F. The Labute approximate surface area is 127 Å². The van der Waals surface area contributed by atoms with Crippen molar-refractivity contribution >= 4 is 17.6 Å². The molecule has 7 nitrogen and oxygen atoms in total. The molecule has 120 valence electrons. The van der Waals surface area contributed by atoms with E-state index in [1.54, 1.807) is 0 Å². The number of hydrogen-bond donors (Lipinski definition) is 3. The van der Waals surface area contributed by atoms with Crippen molar-refractivity contribution in [2.24, 2.45) is 5.73 Å². The lowest BCUT2D eigenvalue weighted by Crippen LogP contribution is -2.42. The van der Waals surface area contributed by atoms with Crippen molar-refractivity contribution in [3.63, 3.8) is 0 Å². The summed E-state index contributed by atoms with van der Waals surface area (Å²) in [5.41, 5.74) is 5.10. The third kappa shape index (κ3) is 4.68. The summed E-state index contributed by atoms with van der Waals surface area (Å²) in [6.07, 6.45) is 0. The molecule has 0 spiro atoms. The number of primary amides is 1. The monoisotopic (exact) mass is 310 g/mol. The van der Waals surface area contributed by atoms with E-state index in [1.807, 2.05) is 0 Å². The second-order valence-corrected chi connectivity index (χ2v) is 4.89. The quantitative estimate of drug-likeness (QED) is 0.732. The van der Waals surface area contributed by atoms with Gasteiger partial charge in [-0.15, -0.1) is 0 Å². The average molecular weight is 310 g/mol. The third-order valence-electron chi connectivity index (χ3n) is 3.31. The number of urea groups is 1. The van der Waals surface area contributed by atoms with Crippen molar-refractivity contribution in [2.45, 2.75) is 0 Å². The summed E-state index contributed by atoms with van der Waals surface area (Å²) in [5.74, 6) is -1.60. The number of carbonyl (C=O) groups excluding carboxylic acids is 2. The molecule has 2 rings (SSSR count). The largest absolute Gasteiger partial charge is 0.379 e. The fourth-order valence-electron chi connectivity index (χ4n) is 2.12. The molecule has 8 heteroatoms. The minimum Gasteiger partial charge on any atom is -0.379 e. The second-order valence-electron chi connectivity index (χ2n) is 4.89. The minimum atomic E-state index is -0.881. The number of carbonyl (C=O) groups is 2. The predicted molar refractivity (Wildman–Crippen MR) is 79.2 cm³/mol. The van der Waals surface area contributed by atoms with E-state index < -0.39 is 17.8 Å². The maximum Gasteiger partial charge on any atom is 0.319 e. The van der Waals surface area contributed by atoms with Gasteiger partial charge in [-0.1, -0.05) is 0 Å². The van der Waals surface area contributed by atoms with Crippen LogP contribution in [0.25, 0.3) is 0 Å². The molecule has 0 atom stereocenters. The van der Waals surface area contributed by atoms with Crippen LogP contribution in [0.3, 0.4) is 0 Å². The topological polar surface area (TPSA) is 96.7 Å². The van der Waals surface area contributed by atoms with Gasteiger partial charge in [-0.05, 0) is 18.2 Å². The summed E-state index contributed by atoms with van der Waals surface area (Å²) >= 11 is 0. The molecule has 22 heavy (non-hydrogen) atoms. The Kier molecular flexibility index (Phi) is 5.68. The van der Waals surface area contributed by atoms with Crippen LogP contribution >= 0.6 is 0 Å². The van der Waals surface area contributed by atoms with Crippen LogP contribution in [0.15, 0.2) is 18.2 Å². The summed E-state index contributed by atoms with van der Waals surface area (Å²) in [4.78, 5) is 25.0. The van der Waals surface area contributed by atoms with Gasteiger partial charge in [0.25, 0.3) is 5.91 Å². The van der Waals surface area contributed by atoms with Gasteiger partial charge in [0.15, 0.2) is 0 Å². The highest BCUT2D eigenvalue weighted by atomic mass is 19.1. The van der Waals surface area contributed by atoms with Crippen molar-refractivity contribution in [3.8, 4) is 0 Å². The van der Waals surface area contributed by atoms with Crippen molar-refractivity contribution in [3.05, 3.63) is 29.6 Å². The third-order valence-corrected chi connectivity index (χ3v) is 3.31. The molecule has 0 aromatic heterocycles. The number of ether oxygens (including phenoxy) is 1. The van der Waals surface area contributed by atoms with Crippen molar-refractivity contribution in [1.82, 2.24) is 10.2 Å².